The number of phenolic OH excluding ortho intramolecular Hbond substituents is 1. The molecule has 1 heterocycles. The van der Waals surface area contributed by atoms with Crippen LogP contribution in [0.25, 0.3) is 22.9 Å². The van der Waals surface area contributed by atoms with E-state index in [1.807, 2.05) is 43.3 Å². The molecule has 1 aromatic heterocycles. The lowest BCUT2D eigenvalue weighted by atomic mass is 10.1. The summed E-state index contributed by atoms with van der Waals surface area (Å²) in [7, 11) is 0. The standard InChI is InChI=1S/C15H12N2O2/c1-10-7-8-12(13(18)9-10)15-17-16-14(19-15)11-5-3-2-4-6-11/h2-9,18H,1H3. The van der Waals surface area contributed by atoms with E-state index in [0.29, 0.717) is 17.3 Å². The highest BCUT2D eigenvalue weighted by atomic mass is 16.4. The first-order valence-corrected chi connectivity index (χ1v) is 5.93. The highest BCUT2D eigenvalue weighted by molar-refractivity contribution is 5.64. The van der Waals surface area contributed by atoms with E-state index in [1.54, 1.807) is 12.1 Å². The van der Waals surface area contributed by atoms with Crippen molar-refractivity contribution in [2.75, 3.05) is 0 Å². The van der Waals surface area contributed by atoms with Gasteiger partial charge in [-0.1, -0.05) is 24.3 Å². The molecule has 0 unspecified atom stereocenters. The SMILES string of the molecule is Cc1ccc(-c2nnc(-c3ccccc3)o2)c(O)c1. The van der Waals surface area contributed by atoms with E-state index in [1.165, 1.54) is 0 Å². The van der Waals surface area contributed by atoms with Gasteiger partial charge in [-0.25, -0.2) is 0 Å². The van der Waals surface area contributed by atoms with Crippen LogP contribution in [-0.2, 0) is 0 Å². The molecule has 0 fully saturated rings. The molecule has 0 aliphatic heterocycles. The van der Waals surface area contributed by atoms with Crippen LogP contribution in [0.2, 0.25) is 0 Å². The van der Waals surface area contributed by atoms with Crippen molar-refractivity contribution in [1.82, 2.24) is 10.2 Å². The highest BCUT2D eigenvalue weighted by Crippen LogP contribution is 2.30. The van der Waals surface area contributed by atoms with Gasteiger partial charge in [0.2, 0.25) is 5.89 Å². The Bertz CT molecular complexity index is 705. The number of rotatable bonds is 2. The molecule has 0 bridgehead atoms. The van der Waals surface area contributed by atoms with Crippen molar-refractivity contribution < 1.29 is 9.52 Å². The van der Waals surface area contributed by atoms with E-state index in [2.05, 4.69) is 10.2 Å². The van der Waals surface area contributed by atoms with E-state index >= 15 is 0 Å². The lowest BCUT2D eigenvalue weighted by Crippen LogP contribution is -1.80. The van der Waals surface area contributed by atoms with Crippen LogP contribution < -0.4 is 0 Å². The van der Waals surface area contributed by atoms with Gasteiger partial charge < -0.3 is 9.52 Å². The topological polar surface area (TPSA) is 59.2 Å². The van der Waals surface area contributed by atoms with Crippen LogP contribution in [0, 0.1) is 6.92 Å². The summed E-state index contributed by atoms with van der Waals surface area (Å²) in [6, 6.07) is 14.9. The quantitative estimate of drug-likeness (QED) is 0.759. The van der Waals surface area contributed by atoms with Crippen LogP contribution in [0.4, 0.5) is 0 Å². The molecule has 0 amide bonds. The molecule has 0 saturated heterocycles. The van der Waals surface area contributed by atoms with Gasteiger partial charge in [-0.15, -0.1) is 10.2 Å². The van der Waals surface area contributed by atoms with E-state index in [9.17, 15) is 5.11 Å². The number of aromatic hydroxyl groups is 1. The van der Waals surface area contributed by atoms with Gasteiger partial charge in [0.05, 0.1) is 5.56 Å². The molecule has 0 radical (unpaired) electrons. The smallest absolute Gasteiger partial charge is 0.251 e. The molecule has 0 aliphatic carbocycles. The third-order valence-corrected chi connectivity index (χ3v) is 2.83. The molecule has 1 N–H and O–H groups in total. The summed E-state index contributed by atoms with van der Waals surface area (Å²) in [5, 5.41) is 17.9. The molecule has 94 valence electrons. The summed E-state index contributed by atoms with van der Waals surface area (Å²) in [5.41, 5.74) is 2.37. The van der Waals surface area contributed by atoms with Crippen LogP contribution in [0.5, 0.6) is 5.75 Å². The van der Waals surface area contributed by atoms with Gasteiger partial charge in [0, 0.05) is 5.56 Å². The Labute approximate surface area is 110 Å². The second-order valence-corrected chi connectivity index (χ2v) is 4.30. The third-order valence-electron chi connectivity index (χ3n) is 2.83. The van der Waals surface area contributed by atoms with Crippen molar-refractivity contribution in [1.29, 1.82) is 0 Å². The number of benzene rings is 2. The van der Waals surface area contributed by atoms with Gasteiger partial charge in [-0.05, 0) is 36.8 Å². The second kappa shape index (κ2) is 4.57. The number of hydrogen-bond acceptors (Lipinski definition) is 4. The van der Waals surface area contributed by atoms with Gasteiger partial charge in [0.25, 0.3) is 5.89 Å². The Hall–Kier alpha value is -2.62. The highest BCUT2D eigenvalue weighted by Gasteiger charge is 2.13. The molecule has 4 heteroatoms. The van der Waals surface area contributed by atoms with Gasteiger partial charge in [0.1, 0.15) is 5.75 Å². The predicted molar refractivity (Wildman–Crippen MR) is 71.6 cm³/mol. The first kappa shape index (κ1) is 11.5. The maximum absolute atomic E-state index is 9.90. The van der Waals surface area contributed by atoms with E-state index < -0.39 is 0 Å². The number of aryl methyl sites for hydroxylation is 1. The minimum Gasteiger partial charge on any atom is -0.507 e. The Kier molecular flexibility index (Phi) is 2.76. The normalized spacial score (nSPS) is 10.6. The van der Waals surface area contributed by atoms with Crippen LogP contribution in [-0.4, -0.2) is 15.3 Å². The molecular formula is C15H12N2O2. The van der Waals surface area contributed by atoms with Crippen molar-refractivity contribution in [3.05, 3.63) is 54.1 Å². The summed E-state index contributed by atoms with van der Waals surface area (Å²) in [4.78, 5) is 0. The number of nitrogens with zero attached hydrogens (tertiary/aromatic N) is 2. The van der Waals surface area contributed by atoms with E-state index in [0.717, 1.165) is 11.1 Å². The van der Waals surface area contributed by atoms with Gasteiger partial charge in [0.15, 0.2) is 0 Å². The third kappa shape index (κ3) is 2.20. The predicted octanol–water partition coefficient (Wildman–Crippen LogP) is 3.42. The van der Waals surface area contributed by atoms with Crippen molar-refractivity contribution in [2.24, 2.45) is 0 Å². The monoisotopic (exact) mass is 252 g/mol. The zero-order chi connectivity index (χ0) is 13.2. The molecule has 3 aromatic rings. The molecule has 0 spiro atoms. The van der Waals surface area contributed by atoms with Crippen LogP contribution in [0.15, 0.2) is 52.9 Å². The largest absolute Gasteiger partial charge is 0.507 e. The molecule has 2 aromatic carbocycles. The second-order valence-electron chi connectivity index (χ2n) is 4.30. The molecule has 3 rings (SSSR count). The Morgan fingerprint density at radius 1 is 0.947 bits per heavy atom. The fourth-order valence-electron chi connectivity index (χ4n) is 1.85. The van der Waals surface area contributed by atoms with Gasteiger partial charge in [-0.3, -0.25) is 0 Å². The zero-order valence-corrected chi connectivity index (χ0v) is 10.4. The summed E-state index contributed by atoms with van der Waals surface area (Å²) >= 11 is 0. The minimum absolute atomic E-state index is 0.142. The average Bonchev–Trinajstić information content (AvgIpc) is 2.89. The van der Waals surface area contributed by atoms with Crippen molar-refractivity contribution in [3.8, 4) is 28.7 Å². The van der Waals surface area contributed by atoms with E-state index in [-0.39, 0.29) is 5.75 Å². The fraction of sp³-hybridized carbons (Fsp3) is 0.0667. The molecular weight excluding hydrogens is 240 g/mol. The summed E-state index contributed by atoms with van der Waals surface area (Å²) in [6.07, 6.45) is 0. The van der Waals surface area contributed by atoms with Gasteiger partial charge >= 0.3 is 0 Å². The summed E-state index contributed by atoms with van der Waals surface area (Å²) < 4.78 is 5.59. The number of aromatic nitrogens is 2. The molecule has 19 heavy (non-hydrogen) atoms. The Morgan fingerprint density at radius 3 is 2.42 bits per heavy atom. The molecule has 0 aliphatic rings. The molecule has 0 saturated carbocycles. The van der Waals surface area contributed by atoms with Crippen LogP contribution in [0.1, 0.15) is 5.56 Å². The van der Waals surface area contributed by atoms with Crippen molar-refractivity contribution >= 4 is 0 Å². The first-order valence-electron chi connectivity index (χ1n) is 5.93. The minimum atomic E-state index is 0.142. The summed E-state index contributed by atoms with van der Waals surface area (Å²) in [6.45, 7) is 1.91. The Morgan fingerprint density at radius 2 is 1.68 bits per heavy atom. The molecule has 4 nitrogen and oxygen atoms in total. The first-order chi connectivity index (χ1) is 9.24. The van der Waals surface area contributed by atoms with Gasteiger partial charge in [-0.2, -0.15) is 0 Å². The Balaban J connectivity index is 2.02. The molecule has 0 atom stereocenters. The van der Waals surface area contributed by atoms with E-state index in [4.69, 9.17) is 4.42 Å². The van der Waals surface area contributed by atoms with Crippen LogP contribution in [0.3, 0.4) is 0 Å². The lowest BCUT2D eigenvalue weighted by Gasteiger charge is -2.00. The van der Waals surface area contributed by atoms with Crippen molar-refractivity contribution in [2.45, 2.75) is 6.92 Å². The number of hydrogen-bond donors (Lipinski definition) is 1. The lowest BCUT2D eigenvalue weighted by molar-refractivity contribution is 0.473. The van der Waals surface area contributed by atoms with Crippen LogP contribution >= 0.6 is 0 Å². The zero-order valence-electron chi connectivity index (χ0n) is 10.4. The number of phenols is 1. The maximum atomic E-state index is 9.90. The van der Waals surface area contributed by atoms with Crippen molar-refractivity contribution in [3.63, 3.8) is 0 Å². The maximum Gasteiger partial charge on any atom is 0.251 e. The average molecular weight is 252 g/mol. The fourth-order valence-corrected chi connectivity index (χ4v) is 1.85. The summed E-state index contributed by atoms with van der Waals surface area (Å²) in [5.74, 6) is 0.898.